The van der Waals surface area contributed by atoms with Gasteiger partial charge in [0.2, 0.25) is 0 Å². The van der Waals surface area contributed by atoms with Gasteiger partial charge in [0.15, 0.2) is 0 Å². The molecule has 0 unspecified atom stereocenters. The van der Waals surface area contributed by atoms with E-state index in [1.54, 1.807) is 0 Å². The minimum Gasteiger partial charge on any atom is -0.356 e. The number of rotatable bonds is 0. The van der Waals surface area contributed by atoms with Gasteiger partial charge in [-0.2, -0.15) is 0 Å². The summed E-state index contributed by atoms with van der Waals surface area (Å²) in [6.45, 7) is 0. The number of hydrogen-bond donors (Lipinski definition) is 0. The van der Waals surface area contributed by atoms with Crippen LogP contribution in [0.2, 0.25) is 0 Å². The van der Waals surface area contributed by atoms with Gasteiger partial charge in [0.05, 0.1) is 25.4 Å². The Morgan fingerprint density at radius 2 is 0.364 bits per heavy atom. The van der Waals surface area contributed by atoms with E-state index in [2.05, 4.69) is 0 Å². The summed E-state index contributed by atoms with van der Waals surface area (Å²) in [6, 6.07) is 0. The summed E-state index contributed by atoms with van der Waals surface area (Å²) in [5, 5.41) is 73.8. The molecule has 0 amide bonds. The Labute approximate surface area is 194 Å². The van der Waals surface area contributed by atoms with Crippen LogP contribution in [0.3, 0.4) is 0 Å². The molecule has 0 aliphatic heterocycles. The molecule has 0 aliphatic carbocycles. The summed E-state index contributed by atoms with van der Waals surface area (Å²) in [6.07, 6.45) is 0. The fraction of sp³-hybridized carbons (Fsp3) is 0. The standard InChI is InChI=1S/Cs.5NO3.Zr/c;5*2-1(3)4;/q+1;5*-1;+4. The maximum absolute atomic E-state index is 8.25. The third-order valence-electron chi connectivity index (χ3n) is 0. The molecule has 0 heterocycles. The molecule has 22 heteroatoms. The predicted molar refractivity (Wildman–Crippen MR) is 51.8 cm³/mol. The Morgan fingerprint density at radius 3 is 0.364 bits per heavy atom. The van der Waals surface area contributed by atoms with Gasteiger partial charge >= 0.3 is 95.1 Å². The molecule has 0 saturated heterocycles. The number of nitrogens with zero attached hydrogens (tertiary/aromatic N) is 5. The molecule has 0 fully saturated rings. The van der Waals surface area contributed by atoms with Crippen molar-refractivity contribution < 1.29 is 121 Å². The first-order valence-electron chi connectivity index (χ1n) is 2.74. The molecule has 0 saturated carbocycles. The Balaban J connectivity index is -0.0000000250. The molecule has 22 heavy (non-hydrogen) atoms. The van der Waals surface area contributed by atoms with Gasteiger partial charge in [0.25, 0.3) is 0 Å². The van der Waals surface area contributed by atoms with Crippen molar-refractivity contribution in [3.8, 4) is 0 Å². The Hall–Kier alpha value is -1.06. The van der Waals surface area contributed by atoms with Crippen LogP contribution in [-0.4, -0.2) is 25.4 Å². The van der Waals surface area contributed by atoms with Gasteiger partial charge < -0.3 is 76.6 Å². The Bertz CT molecular complexity index is 213. The van der Waals surface area contributed by atoms with E-state index < -0.39 is 25.4 Å². The SMILES string of the molecule is O=[N+]([O-])[O-].O=[N+]([O-])[O-].O=[N+]([O-])[O-].O=[N+]([O-])[O-].O=[N+]([O-])[O-].[Cs+].[Zr+4]. The summed E-state index contributed by atoms with van der Waals surface area (Å²) >= 11 is 0. The van der Waals surface area contributed by atoms with Gasteiger partial charge in [-0.25, -0.2) is 0 Å². The average molecular weight is 534 g/mol. The first-order chi connectivity index (χ1) is 8.66. The Morgan fingerprint density at radius 1 is 0.364 bits per heavy atom. The molecule has 0 aromatic carbocycles. The summed E-state index contributed by atoms with van der Waals surface area (Å²) in [5.74, 6) is 0. The van der Waals surface area contributed by atoms with E-state index in [9.17, 15) is 0 Å². The monoisotopic (exact) mass is 533 g/mol. The summed E-state index contributed by atoms with van der Waals surface area (Å²) < 4.78 is 0. The van der Waals surface area contributed by atoms with E-state index >= 15 is 0 Å². The zero-order valence-corrected chi connectivity index (χ0v) is 18.6. The minimum atomic E-state index is -1.75. The normalized spacial score (nSPS) is 5.45. The minimum absolute atomic E-state index is 0. The van der Waals surface area contributed by atoms with Crippen LogP contribution < -0.4 is 68.9 Å². The summed E-state index contributed by atoms with van der Waals surface area (Å²) in [4.78, 5) is 41.2. The van der Waals surface area contributed by atoms with Crippen molar-refractivity contribution in [1.29, 1.82) is 0 Å². The maximum Gasteiger partial charge on any atom is 4.00 e. The van der Waals surface area contributed by atoms with Crippen LogP contribution in [0.4, 0.5) is 0 Å². The number of hydrogen-bond acceptors (Lipinski definition) is 15. The third kappa shape index (κ3) is 5370. The molecule has 0 aromatic heterocycles. The van der Waals surface area contributed by atoms with Crippen molar-refractivity contribution in [2.75, 3.05) is 0 Å². The molecule has 120 valence electrons. The van der Waals surface area contributed by atoms with Gasteiger partial charge in [0.1, 0.15) is 0 Å². The van der Waals surface area contributed by atoms with E-state index in [4.69, 9.17) is 76.6 Å². The van der Waals surface area contributed by atoms with Crippen molar-refractivity contribution in [3.05, 3.63) is 76.6 Å². The van der Waals surface area contributed by atoms with Crippen LogP contribution in [0.5, 0.6) is 0 Å². The summed E-state index contributed by atoms with van der Waals surface area (Å²) in [5.41, 5.74) is 0. The molecule has 0 atom stereocenters. The van der Waals surface area contributed by atoms with Crippen molar-refractivity contribution in [2.45, 2.75) is 0 Å². The molecular weight excluding hydrogens is 534 g/mol. The average Bonchev–Trinajstić information content (AvgIpc) is 1.94. The van der Waals surface area contributed by atoms with Crippen LogP contribution in [0, 0.1) is 76.6 Å². The molecule has 0 rings (SSSR count). The van der Waals surface area contributed by atoms with Crippen LogP contribution in [-0.2, 0) is 26.2 Å². The van der Waals surface area contributed by atoms with Gasteiger partial charge in [0, 0.05) is 0 Å². The second-order valence-corrected chi connectivity index (χ2v) is 1.12. The first kappa shape index (κ1) is 42.8. The van der Waals surface area contributed by atoms with Crippen molar-refractivity contribution >= 4 is 0 Å². The fourth-order valence-electron chi connectivity index (χ4n) is 0. The second kappa shape index (κ2) is 36.8. The van der Waals surface area contributed by atoms with Crippen LogP contribution in [0.1, 0.15) is 0 Å². The molecule has 0 N–H and O–H groups in total. The fourth-order valence-corrected chi connectivity index (χ4v) is 0. The van der Waals surface area contributed by atoms with E-state index in [1.807, 2.05) is 0 Å². The van der Waals surface area contributed by atoms with E-state index in [0.29, 0.717) is 0 Å². The van der Waals surface area contributed by atoms with Gasteiger partial charge in [-0.1, -0.05) is 0 Å². The van der Waals surface area contributed by atoms with E-state index in [-0.39, 0.29) is 95.1 Å². The smallest absolute Gasteiger partial charge is 0.356 e. The van der Waals surface area contributed by atoms with Gasteiger partial charge in [-0.05, 0) is 0 Å². The molecule has 0 radical (unpaired) electrons. The van der Waals surface area contributed by atoms with E-state index in [0.717, 1.165) is 0 Å². The van der Waals surface area contributed by atoms with Gasteiger partial charge in [-0.3, -0.25) is 0 Å². The van der Waals surface area contributed by atoms with Crippen molar-refractivity contribution in [3.63, 3.8) is 0 Å². The second-order valence-electron chi connectivity index (χ2n) is 1.12. The predicted octanol–water partition coefficient (Wildman–Crippen LogP) is -4.19. The Kier molecular flexibility index (Phi) is 71.7. The largest absolute Gasteiger partial charge is 4.00 e. The first-order valence-corrected chi connectivity index (χ1v) is 2.74. The third-order valence-corrected chi connectivity index (χ3v) is 0. The van der Waals surface area contributed by atoms with E-state index in [1.165, 1.54) is 0 Å². The van der Waals surface area contributed by atoms with Crippen molar-refractivity contribution in [1.82, 2.24) is 0 Å². The van der Waals surface area contributed by atoms with Crippen LogP contribution in [0.15, 0.2) is 0 Å². The quantitative estimate of drug-likeness (QED) is 0.210. The summed E-state index contributed by atoms with van der Waals surface area (Å²) in [7, 11) is 0. The van der Waals surface area contributed by atoms with Crippen molar-refractivity contribution in [2.24, 2.45) is 0 Å². The molecular formula is CsN5O15Zr. The van der Waals surface area contributed by atoms with Crippen LogP contribution in [0.25, 0.3) is 0 Å². The molecule has 0 spiro atoms. The molecule has 0 bridgehead atoms. The zero-order valence-electron chi connectivity index (χ0n) is 9.86. The zero-order chi connectivity index (χ0) is 17.9. The molecule has 20 nitrogen and oxygen atoms in total. The molecule has 0 aliphatic rings. The topological polar surface area (TPSA) is 331 Å². The maximum atomic E-state index is 8.25. The molecule has 0 aromatic rings. The van der Waals surface area contributed by atoms with Gasteiger partial charge in [-0.15, -0.1) is 0 Å². The van der Waals surface area contributed by atoms with Crippen LogP contribution >= 0.6 is 0 Å².